The van der Waals surface area contributed by atoms with Gasteiger partial charge in [0, 0.05) is 25.7 Å². The molecular formula is C12H24N2O2. The molecule has 1 aliphatic rings. The average Bonchev–Trinajstić information content (AvgIpc) is 2.64. The number of carbonyl (C=O) groups excluding carboxylic acids is 1. The van der Waals surface area contributed by atoms with Crippen molar-refractivity contribution in [1.82, 2.24) is 10.2 Å². The molecule has 2 N–H and O–H groups in total. The molecule has 0 radical (unpaired) electrons. The molecule has 2 atom stereocenters. The van der Waals surface area contributed by atoms with Gasteiger partial charge in [0.1, 0.15) is 0 Å². The van der Waals surface area contributed by atoms with E-state index in [2.05, 4.69) is 12.2 Å². The molecule has 0 bridgehead atoms. The molecule has 1 saturated heterocycles. The van der Waals surface area contributed by atoms with Crippen LogP contribution in [0.5, 0.6) is 0 Å². The van der Waals surface area contributed by atoms with Crippen molar-refractivity contribution in [2.45, 2.75) is 33.2 Å². The van der Waals surface area contributed by atoms with Gasteiger partial charge in [0.15, 0.2) is 0 Å². The Balaban J connectivity index is 2.59. The first kappa shape index (κ1) is 13.5. The van der Waals surface area contributed by atoms with E-state index in [0.29, 0.717) is 18.9 Å². The second-order valence-corrected chi connectivity index (χ2v) is 4.94. The summed E-state index contributed by atoms with van der Waals surface area (Å²) in [5.41, 5.74) is 0. The highest BCUT2D eigenvalue weighted by Gasteiger charge is 2.33. The molecule has 0 unspecified atom stereocenters. The molecule has 1 rings (SSSR count). The fourth-order valence-electron chi connectivity index (χ4n) is 2.22. The van der Waals surface area contributed by atoms with Crippen molar-refractivity contribution in [3.63, 3.8) is 0 Å². The lowest BCUT2D eigenvalue weighted by Crippen LogP contribution is -2.43. The van der Waals surface area contributed by atoms with Gasteiger partial charge in [0.2, 0.25) is 5.91 Å². The number of aliphatic hydroxyl groups excluding tert-OH is 1. The Bertz CT molecular complexity index is 231. The standard InChI is InChI=1S/C12H24N2O2/c1-9(2)14(5-4-6-15)12(16)11-8-13-7-10(11)3/h9-11,13,15H,4-8H2,1-3H3/t10-,11-/m1/s1. The van der Waals surface area contributed by atoms with Gasteiger partial charge in [0.25, 0.3) is 0 Å². The highest BCUT2D eigenvalue weighted by atomic mass is 16.3. The van der Waals surface area contributed by atoms with E-state index in [9.17, 15) is 4.79 Å². The molecule has 94 valence electrons. The maximum absolute atomic E-state index is 12.3. The smallest absolute Gasteiger partial charge is 0.227 e. The van der Waals surface area contributed by atoms with Crippen LogP contribution in [0, 0.1) is 11.8 Å². The fraction of sp³-hybridized carbons (Fsp3) is 0.917. The molecule has 0 saturated carbocycles. The van der Waals surface area contributed by atoms with Gasteiger partial charge in [-0.05, 0) is 32.7 Å². The first-order chi connectivity index (χ1) is 7.57. The Kier molecular flexibility index (Phi) is 5.22. The summed E-state index contributed by atoms with van der Waals surface area (Å²) in [6, 6.07) is 0.215. The first-order valence-corrected chi connectivity index (χ1v) is 6.20. The zero-order chi connectivity index (χ0) is 12.1. The molecule has 0 aliphatic carbocycles. The van der Waals surface area contributed by atoms with Gasteiger partial charge in [-0.1, -0.05) is 6.92 Å². The van der Waals surface area contributed by atoms with E-state index in [1.165, 1.54) is 0 Å². The fourth-order valence-corrected chi connectivity index (χ4v) is 2.22. The van der Waals surface area contributed by atoms with Gasteiger partial charge in [-0.3, -0.25) is 4.79 Å². The average molecular weight is 228 g/mol. The van der Waals surface area contributed by atoms with E-state index in [4.69, 9.17) is 5.11 Å². The van der Waals surface area contributed by atoms with Crippen molar-refractivity contribution in [2.75, 3.05) is 26.2 Å². The van der Waals surface area contributed by atoms with Gasteiger partial charge in [-0.25, -0.2) is 0 Å². The molecule has 1 fully saturated rings. The lowest BCUT2D eigenvalue weighted by Gasteiger charge is -2.30. The van der Waals surface area contributed by atoms with E-state index in [1.807, 2.05) is 18.7 Å². The van der Waals surface area contributed by atoms with Crippen LogP contribution in [-0.4, -0.2) is 48.2 Å². The summed E-state index contributed by atoms with van der Waals surface area (Å²) in [5, 5.41) is 12.1. The van der Waals surface area contributed by atoms with E-state index in [1.54, 1.807) is 0 Å². The summed E-state index contributed by atoms with van der Waals surface area (Å²) in [4.78, 5) is 14.2. The van der Waals surface area contributed by atoms with Crippen LogP contribution in [0.3, 0.4) is 0 Å². The number of amides is 1. The normalized spacial score (nSPS) is 25.1. The number of carbonyl (C=O) groups is 1. The zero-order valence-corrected chi connectivity index (χ0v) is 10.6. The number of nitrogens with one attached hydrogen (secondary N) is 1. The molecule has 4 nitrogen and oxygen atoms in total. The Hall–Kier alpha value is -0.610. The highest BCUT2D eigenvalue weighted by molar-refractivity contribution is 5.80. The van der Waals surface area contributed by atoms with Crippen LogP contribution in [0.1, 0.15) is 27.2 Å². The molecule has 1 aliphatic heterocycles. The lowest BCUT2D eigenvalue weighted by atomic mass is 9.96. The molecular weight excluding hydrogens is 204 g/mol. The summed E-state index contributed by atoms with van der Waals surface area (Å²) in [7, 11) is 0. The quantitative estimate of drug-likeness (QED) is 0.719. The minimum atomic E-state index is 0.112. The van der Waals surface area contributed by atoms with Crippen LogP contribution < -0.4 is 5.32 Å². The summed E-state index contributed by atoms with van der Waals surface area (Å²) in [5.74, 6) is 0.768. The molecule has 16 heavy (non-hydrogen) atoms. The van der Waals surface area contributed by atoms with Gasteiger partial charge in [0.05, 0.1) is 5.92 Å². The summed E-state index contributed by atoms with van der Waals surface area (Å²) in [6.07, 6.45) is 0.665. The first-order valence-electron chi connectivity index (χ1n) is 6.20. The van der Waals surface area contributed by atoms with Crippen molar-refractivity contribution in [1.29, 1.82) is 0 Å². The van der Waals surface area contributed by atoms with Crippen LogP contribution in [0.15, 0.2) is 0 Å². The summed E-state index contributed by atoms with van der Waals surface area (Å²) < 4.78 is 0. The largest absolute Gasteiger partial charge is 0.396 e. The molecule has 1 heterocycles. The van der Waals surface area contributed by atoms with Crippen LogP contribution in [-0.2, 0) is 4.79 Å². The predicted octanol–water partition coefficient (Wildman–Crippen LogP) is 0.461. The molecule has 0 spiro atoms. The molecule has 4 heteroatoms. The summed E-state index contributed by atoms with van der Waals surface area (Å²) >= 11 is 0. The number of aliphatic hydroxyl groups is 1. The Morgan fingerprint density at radius 1 is 1.50 bits per heavy atom. The molecule has 0 aromatic heterocycles. The van der Waals surface area contributed by atoms with Crippen molar-refractivity contribution < 1.29 is 9.90 Å². The minimum Gasteiger partial charge on any atom is -0.396 e. The Labute approximate surface area is 98.0 Å². The molecule has 1 amide bonds. The minimum absolute atomic E-state index is 0.112. The predicted molar refractivity (Wildman–Crippen MR) is 64.1 cm³/mol. The number of nitrogens with zero attached hydrogens (tertiary/aromatic N) is 1. The Morgan fingerprint density at radius 3 is 2.62 bits per heavy atom. The second kappa shape index (κ2) is 6.21. The lowest BCUT2D eigenvalue weighted by molar-refractivity contribution is -0.137. The zero-order valence-electron chi connectivity index (χ0n) is 10.6. The van der Waals surface area contributed by atoms with E-state index < -0.39 is 0 Å². The summed E-state index contributed by atoms with van der Waals surface area (Å²) in [6.45, 7) is 8.72. The van der Waals surface area contributed by atoms with E-state index >= 15 is 0 Å². The second-order valence-electron chi connectivity index (χ2n) is 4.94. The third-order valence-electron chi connectivity index (χ3n) is 3.30. The SMILES string of the molecule is CC(C)N(CCCO)C(=O)[C@@H]1CNC[C@H]1C. The monoisotopic (exact) mass is 228 g/mol. The van der Waals surface area contributed by atoms with Gasteiger partial charge in [-0.15, -0.1) is 0 Å². The van der Waals surface area contributed by atoms with Crippen LogP contribution in [0.2, 0.25) is 0 Å². The van der Waals surface area contributed by atoms with Crippen molar-refractivity contribution >= 4 is 5.91 Å². The van der Waals surface area contributed by atoms with E-state index in [0.717, 1.165) is 13.1 Å². The number of hydrogen-bond acceptors (Lipinski definition) is 3. The van der Waals surface area contributed by atoms with Gasteiger partial charge >= 0.3 is 0 Å². The highest BCUT2D eigenvalue weighted by Crippen LogP contribution is 2.20. The van der Waals surface area contributed by atoms with Crippen LogP contribution in [0.25, 0.3) is 0 Å². The van der Waals surface area contributed by atoms with Gasteiger partial charge in [-0.2, -0.15) is 0 Å². The maximum Gasteiger partial charge on any atom is 0.227 e. The van der Waals surface area contributed by atoms with E-state index in [-0.39, 0.29) is 24.5 Å². The van der Waals surface area contributed by atoms with Crippen molar-refractivity contribution in [3.05, 3.63) is 0 Å². The third kappa shape index (κ3) is 3.19. The Morgan fingerprint density at radius 2 is 2.19 bits per heavy atom. The van der Waals surface area contributed by atoms with Crippen molar-refractivity contribution in [3.8, 4) is 0 Å². The molecule has 0 aromatic carbocycles. The van der Waals surface area contributed by atoms with Crippen LogP contribution >= 0.6 is 0 Å². The van der Waals surface area contributed by atoms with Crippen LogP contribution in [0.4, 0.5) is 0 Å². The number of hydrogen-bond donors (Lipinski definition) is 2. The van der Waals surface area contributed by atoms with Gasteiger partial charge < -0.3 is 15.3 Å². The maximum atomic E-state index is 12.3. The van der Waals surface area contributed by atoms with Crippen molar-refractivity contribution in [2.24, 2.45) is 11.8 Å². The third-order valence-corrected chi connectivity index (χ3v) is 3.30. The number of rotatable bonds is 5. The molecule has 0 aromatic rings. The topological polar surface area (TPSA) is 52.6 Å².